The summed E-state index contributed by atoms with van der Waals surface area (Å²) in [6.45, 7) is 9.64. The molecule has 3 heteroatoms. The topological polar surface area (TPSA) is 37.0 Å². The van der Waals surface area contributed by atoms with Crippen molar-refractivity contribution in [3.63, 3.8) is 0 Å². The van der Waals surface area contributed by atoms with Gasteiger partial charge in [0.05, 0.1) is 0 Å². The Hall–Kier alpha value is -1.25. The van der Waals surface area contributed by atoms with Gasteiger partial charge in [-0.3, -0.25) is 0 Å². The van der Waals surface area contributed by atoms with Gasteiger partial charge < -0.3 is 10.6 Å². The van der Waals surface area contributed by atoms with Crippen molar-refractivity contribution in [3.8, 4) is 0 Å². The van der Waals surface area contributed by atoms with Crippen molar-refractivity contribution < 1.29 is 0 Å². The van der Waals surface area contributed by atoms with E-state index in [1.807, 2.05) is 12.3 Å². The summed E-state index contributed by atoms with van der Waals surface area (Å²) in [5.74, 6) is 0.932. The second-order valence-electron chi connectivity index (χ2n) is 4.35. The summed E-state index contributed by atoms with van der Waals surface area (Å²) in [5.41, 5.74) is 1.31. The molecule has 0 aliphatic carbocycles. The summed E-state index contributed by atoms with van der Waals surface area (Å²) in [6, 6.07) is 4.08. The van der Waals surface area contributed by atoms with E-state index in [2.05, 4.69) is 49.4 Å². The molecule has 0 unspecified atom stereocenters. The number of nitrogens with one attached hydrogen (secondary N) is 2. The van der Waals surface area contributed by atoms with Gasteiger partial charge in [0.1, 0.15) is 5.82 Å². The molecule has 1 aromatic rings. The van der Waals surface area contributed by atoms with Crippen LogP contribution in [0.15, 0.2) is 18.3 Å². The first-order chi connectivity index (χ1) is 7.63. The van der Waals surface area contributed by atoms with Crippen LogP contribution in [0.4, 0.5) is 11.5 Å². The van der Waals surface area contributed by atoms with Crippen molar-refractivity contribution in [1.82, 2.24) is 4.98 Å². The second-order valence-corrected chi connectivity index (χ2v) is 4.35. The van der Waals surface area contributed by atoms with Gasteiger partial charge in [-0.1, -0.05) is 13.8 Å². The fourth-order valence-corrected chi connectivity index (χ4v) is 1.56. The zero-order valence-electron chi connectivity index (χ0n) is 10.8. The van der Waals surface area contributed by atoms with E-state index in [0.29, 0.717) is 0 Å². The van der Waals surface area contributed by atoms with Crippen LogP contribution in [0.3, 0.4) is 0 Å². The Balaban J connectivity index is 2.76. The molecule has 0 atom stereocenters. The number of hydrogen-bond acceptors (Lipinski definition) is 3. The molecule has 0 radical (unpaired) electrons. The van der Waals surface area contributed by atoms with E-state index < -0.39 is 0 Å². The van der Waals surface area contributed by atoms with Gasteiger partial charge in [0.15, 0.2) is 0 Å². The van der Waals surface area contributed by atoms with E-state index >= 15 is 0 Å². The predicted molar refractivity (Wildman–Crippen MR) is 71.0 cm³/mol. The summed E-state index contributed by atoms with van der Waals surface area (Å²) < 4.78 is 0. The van der Waals surface area contributed by atoms with Crippen molar-refractivity contribution in [3.05, 3.63) is 18.3 Å². The van der Waals surface area contributed by atoms with E-state index in [4.69, 9.17) is 0 Å². The van der Waals surface area contributed by atoms with Crippen LogP contribution in [-0.4, -0.2) is 17.1 Å². The van der Waals surface area contributed by atoms with Crippen LogP contribution in [-0.2, 0) is 0 Å². The third kappa shape index (κ3) is 3.40. The quantitative estimate of drug-likeness (QED) is 0.772. The largest absolute Gasteiger partial charge is 0.380 e. The molecule has 0 saturated carbocycles. The Morgan fingerprint density at radius 3 is 2.50 bits per heavy atom. The molecule has 2 N–H and O–H groups in total. The predicted octanol–water partition coefficient (Wildman–Crippen LogP) is 3.50. The van der Waals surface area contributed by atoms with E-state index in [9.17, 15) is 0 Å². The Kier molecular flexibility index (Phi) is 4.59. The molecule has 1 aromatic heterocycles. The minimum absolute atomic E-state index is 0.171. The van der Waals surface area contributed by atoms with Crippen LogP contribution in [0, 0.1) is 0 Å². The first-order valence-corrected chi connectivity index (χ1v) is 6.11. The van der Waals surface area contributed by atoms with Crippen LogP contribution in [0.5, 0.6) is 0 Å². The fraction of sp³-hybridized carbons (Fsp3) is 0.615. The van der Waals surface area contributed by atoms with Gasteiger partial charge in [-0.15, -0.1) is 0 Å². The lowest BCUT2D eigenvalue weighted by Gasteiger charge is -2.29. The monoisotopic (exact) mass is 221 g/mol. The molecule has 0 saturated heterocycles. The Bertz CT molecular complexity index is 319. The van der Waals surface area contributed by atoms with Gasteiger partial charge in [0.25, 0.3) is 0 Å². The number of anilines is 2. The Labute approximate surface area is 98.7 Å². The third-order valence-corrected chi connectivity index (χ3v) is 3.12. The number of pyridine rings is 1. The van der Waals surface area contributed by atoms with Gasteiger partial charge in [0.2, 0.25) is 0 Å². The molecule has 16 heavy (non-hydrogen) atoms. The summed E-state index contributed by atoms with van der Waals surface area (Å²) >= 11 is 0. The van der Waals surface area contributed by atoms with Gasteiger partial charge in [-0.05, 0) is 32.8 Å². The van der Waals surface area contributed by atoms with Crippen molar-refractivity contribution >= 4 is 11.5 Å². The summed E-state index contributed by atoms with van der Waals surface area (Å²) in [4.78, 5) is 4.26. The lowest BCUT2D eigenvalue weighted by molar-refractivity contribution is 0.478. The lowest BCUT2D eigenvalue weighted by atomic mass is 9.95. The fourth-order valence-electron chi connectivity index (χ4n) is 1.56. The van der Waals surface area contributed by atoms with Crippen LogP contribution >= 0.6 is 0 Å². The summed E-state index contributed by atoms with van der Waals surface area (Å²) in [6.07, 6.45) is 4.07. The maximum absolute atomic E-state index is 4.26. The molecule has 0 spiro atoms. The number of nitrogens with zero attached hydrogens (tertiary/aromatic N) is 1. The van der Waals surface area contributed by atoms with E-state index in [-0.39, 0.29) is 5.54 Å². The molecular weight excluding hydrogens is 198 g/mol. The normalized spacial score (nSPS) is 11.2. The van der Waals surface area contributed by atoms with E-state index in [0.717, 1.165) is 30.9 Å². The van der Waals surface area contributed by atoms with Gasteiger partial charge >= 0.3 is 0 Å². The average molecular weight is 221 g/mol. The van der Waals surface area contributed by atoms with Gasteiger partial charge in [0, 0.05) is 30.0 Å². The smallest absolute Gasteiger partial charge is 0.127 e. The van der Waals surface area contributed by atoms with E-state index in [1.54, 1.807) is 0 Å². The zero-order chi connectivity index (χ0) is 12.0. The van der Waals surface area contributed by atoms with Crippen molar-refractivity contribution in [2.45, 2.75) is 46.1 Å². The van der Waals surface area contributed by atoms with Crippen molar-refractivity contribution in [2.75, 3.05) is 17.2 Å². The van der Waals surface area contributed by atoms with Crippen molar-refractivity contribution in [1.29, 1.82) is 0 Å². The van der Waals surface area contributed by atoms with Crippen LogP contribution in [0.2, 0.25) is 0 Å². The molecule has 1 heterocycles. The van der Waals surface area contributed by atoms with Gasteiger partial charge in [-0.2, -0.15) is 0 Å². The molecule has 0 fully saturated rings. The Morgan fingerprint density at radius 2 is 1.94 bits per heavy atom. The molecule has 90 valence electrons. The summed E-state index contributed by atoms with van der Waals surface area (Å²) in [7, 11) is 0. The maximum atomic E-state index is 4.26. The van der Waals surface area contributed by atoms with Crippen LogP contribution < -0.4 is 10.6 Å². The molecule has 0 aromatic carbocycles. The number of rotatable bonds is 6. The van der Waals surface area contributed by atoms with Gasteiger partial charge in [-0.25, -0.2) is 4.98 Å². The number of aromatic nitrogens is 1. The summed E-state index contributed by atoms with van der Waals surface area (Å²) in [5, 5.41) is 6.79. The first-order valence-electron chi connectivity index (χ1n) is 6.11. The molecule has 0 aliphatic heterocycles. The molecule has 0 aliphatic rings. The minimum Gasteiger partial charge on any atom is -0.380 e. The highest BCUT2D eigenvalue weighted by molar-refractivity contribution is 5.53. The average Bonchev–Trinajstić information content (AvgIpc) is 2.30. The minimum atomic E-state index is 0.171. The maximum Gasteiger partial charge on any atom is 0.127 e. The van der Waals surface area contributed by atoms with Crippen molar-refractivity contribution in [2.24, 2.45) is 0 Å². The van der Waals surface area contributed by atoms with E-state index in [1.165, 1.54) is 0 Å². The van der Waals surface area contributed by atoms with Crippen LogP contribution in [0.1, 0.15) is 40.5 Å². The third-order valence-electron chi connectivity index (χ3n) is 3.12. The highest BCUT2D eigenvalue weighted by atomic mass is 15.0. The Morgan fingerprint density at radius 1 is 1.25 bits per heavy atom. The zero-order valence-corrected chi connectivity index (χ0v) is 10.8. The molecule has 0 amide bonds. The SMILES string of the molecule is CCNc1cc(NC(C)(CC)CC)ccn1. The first kappa shape index (κ1) is 12.8. The standard InChI is InChI=1S/C13H23N3/c1-5-13(4,6-2)16-11-8-9-15-12(10-11)14-7-3/h8-10H,5-7H2,1-4H3,(H2,14,15,16). The molecule has 1 rings (SSSR count). The molecule has 0 bridgehead atoms. The van der Waals surface area contributed by atoms with Crippen LogP contribution in [0.25, 0.3) is 0 Å². The lowest BCUT2D eigenvalue weighted by Crippen LogP contribution is -2.32. The molecular formula is C13H23N3. The second kappa shape index (κ2) is 5.73. The highest BCUT2D eigenvalue weighted by Crippen LogP contribution is 2.22. The molecule has 3 nitrogen and oxygen atoms in total. The number of hydrogen-bond donors (Lipinski definition) is 2. The highest BCUT2D eigenvalue weighted by Gasteiger charge is 2.18.